The molecule has 0 aliphatic heterocycles. The van der Waals surface area contributed by atoms with Gasteiger partial charge in [-0.3, -0.25) is 9.89 Å². The summed E-state index contributed by atoms with van der Waals surface area (Å²) in [6.45, 7) is 2.49. The van der Waals surface area contributed by atoms with Crippen molar-refractivity contribution in [3.05, 3.63) is 34.6 Å². The van der Waals surface area contributed by atoms with Gasteiger partial charge >= 0.3 is 0 Å². The van der Waals surface area contributed by atoms with Crippen LogP contribution in [0.4, 0.5) is 0 Å². The molecule has 7 nitrogen and oxygen atoms in total. The van der Waals surface area contributed by atoms with Gasteiger partial charge in [-0.25, -0.2) is 4.98 Å². The number of rotatable bonds is 8. The fourth-order valence-corrected chi connectivity index (χ4v) is 2.47. The highest BCUT2D eigenvalue weighted by molar-refractivity contribution is 7.99. The Kier molecular flexibility index (Phi) is 6.90. The quantitative estimate of drug-likeness (QED) is 0.550. The van der Waals surface area contributed by atoms with Crippen LogP contribution in [-0.4, -0.2) is 33.4 Å². The minimum absolute atomic E-state index is 0.158. The molecule has 0 fully saturated rings. The summed E-state index contributed by atoms with van der Waals surface area (Å²) in [5.41, 5.74) is 0.936. The van der Waals surface area contributed by atoms with Crippen molar-refractivity contribution in [2.24, 2.45) is 0 Å². The molecule has 0 bridgehead atoms. The minimum atomic E-state index is -0.158. The molecule has 24 heavy (non-hydrogen) atoms. The molecule has 0 atom stereocenters. The van der Waals surface area contributed by atoms with E-state index in [4.69, 9.17) is 21.6 Å². The molecule has 2 N–H and O–H groups in total. The Bertz CT molecular complexity index is 744. The first kappa shape index (κ1) is 18.1. The Labute approximate surface area is 148 Å². The summed E-state index contributed by atoms with van der Waals surface area (Å²) in [7, 11) is 0. The van der Waals surface area contributed by atoms with E-state index in [1.807, 2.05) is 19.1 Å². The summed E-state index contributed by atoms with van der Waals surface area (Å²) in [6.07, 6.45) is 0.294. The maximum absolute atomic E-state index is 11.5. The average molecular weight is 366 g/mol. The number of nitrogens with one attached hydrogen (secondary N) is 2. The molecule has 0 spiro atoms. The molecule has 1 aromatic heterocycles. The lowest BCUT2D eigenvalue weighted by molar-refractivity contribution is -0.118. The van der Waals surface area contributed by atoms with Crippen LogP contribution in [0.25, 0.3) is 0 Å². The van der Waals surface area contributed by atoms with Gasteiger partial charge in [-0.2, -0.15) is 5.26 Å². The van der Waals surface area contributed by atoms with Crippen LogP contribution in [0.15, 0.2) is 23.4 Å². The van der Waals surface area contributed by atoms with Gasteiger partial charge in [-0.1, -0.05) is 23.4 Å². The summed E-state index contributed by atoms with van der Waals surface area (Å²) in [4.78, 5) is 15.8. The van der Waals surface area contributed by atoms with E-state index >= 15 is 0 Å². The van der Waals surface area contributed by atoms with E-state index in [9.17, 15) is 4.79 Å². The van der Waals surface area contributed by atoms with Gasteiger partial charge < -0.3 is 10.1 Å². The molecule has 1 amide bonds. The number of halogens is 1. The lowest BCUT2D eigenvalue weighted by atomic mass is 10.2. The second-order valence-corrected chi connectivity index (χ2v) is 6.16. The zero-order valence-electron chi connectivity index (χ0n) is 13.0. The van der Waals surface area contributed by atoms with Gasteiger partial charge in [0, 0.05) is 11.6 Å². The number of nitriles is 1. The summed E-state index contributed by atoms with van der Waals surface area (Å²) < 4.78 is 5.62. The summed E-state index contributed by atoms with van der Waals surface area (Å²) in [5.74, 6) is 1.30. The van der Waals surface area contributed by atoms with Gasteiger partial charge in [-0.15, -0.1) is 5.10 Å². The van der Waals surface area contributed by atoms with Crippen molar-refractivity contribution in [3.63, 3.8) is 0 Å². The number of aromatic amines is 1. The molecule has 1 aromatic carbocycles. The van der Waals surface area contributed by atoms with Gasteiger partial charge in [0.2, 0.25) is 11.1 Å². The van der Waals surface area contributed by atoms with E-state index in [0.717, 1.165) is 5.56 Å². The van der Waals surface area contributed by atoms with Crippen LogP contribution in [-0.2, 0) is 11.4 Å². The molecular formula is C15H16ClN5O2S. The highest BCUT2D eigenvalue weighted by Crippen LogP contribution is 2.21. The number of aryl methyl sites for hydroxylation is 1. The summed E-state index contributed by atoms with van der Waals surface area (Å²) >= 11 is 7.18. The van der Waals surface area contributed by atoms with Crippen molar-refractivity contribution in [1.82, 2.24) is 20.5 Å². The zero-order chi connectivity index (χ0) is 17.4. The zero-order valence-corrected chi connectivity index (χ0v) is 14.6. The molecule has 0 aliphatic rings. The average Bonchev–Trinajstić information content (AvgIpc) is 3.02. The normalized spacial score (nSPS) is 10.2. The van der Waals surface area contributed by atoms with Crippen molar-refractivity contribution in [1.29, 1.82) is 5.26 Å². The Balaban J connectivity index is 1.77. The van der Waals surface area contributed by atoms with E-state index in [1.54, 1.807) is 12.1 Å². The molecule has 1 heterocycles. The molecule has 0 unspecified atom stereocenters. The van der Waals surface area contributed by atoms with Gasteiger partial charge in [0.1, 0.15) is 12.4 Å². The van der Waals surface area contributed by atoms with Crippen molar-refractivity contribution in [2.45, 2.75) is 25.1 Å². The van der Waals surface area contributed by atoms with Gasteiger partial charge in [0.15, 0.2) is 5.82 Å². The lowest BCUT2D eigenvalue weighted by Crippen LogP contribution is -2.25. The van der Waals surface area contributed by atoms with E-state index in [-0.39, 0.29) is 18.3 Å². The number of ether oxygens (including phenoxy) is 1. The second kappa shape index (κ2) is 9.15. The van der Waals surface area contributed by atoms with Crippen LogP contribution in [0.3, 0.4) is 0 Å². The van der Waals surface area contributed by atoms with Crippen molar-refractivity contribution >= 4 is 29.3 Å². The third kappa shape index (κ3) is 5.76. The number of carbonyl (C=O) groups excluding carboxylic acids is 1. The number of benzene rings is 1. The molecule has 0 saturated heterocycles. The van der Waals surface area contributed by atoms with Crippen LogP contribution in [0.5, 0.6) is 5.75 Å². The highest BCUT2D eigenvalue weighted by Gasteiger charge is 2.08. The molecule has 2 rings (SSSR count). The van der Waals surface area contributed by atoms with E-state index in [2.05, 4.69) is 20.5 Å². The van der Waals surface area contributed by atoms with E-state index < -0.39 is 0 Å². The standard InChI is InChI=1S/C15H16ClN5O2S/c1-10-7-11(3-4-12(10)16)23-8-13-19-15(21-20-13)24-9-14(22)18-6-2-5-17/h3-4,7H,2,6,8-9H2,1H3,(H,18,22)(H,19,20,21). The number of carbonyl (C=O) groups is 1. The first-order valence-corrected chi connectivity index (χ1v) is 8.51. The van der Waals surface area contributed by atoms with Crippen LogP contribution < -0.4 is 10.1 Å². The van der Waals surface area contributed by atoms with Crippen LogP contribution in [0.1, 0.15) is 17.8 Å². The minimum Gasteiger partial charge on any atom is -0.486 e. The molecule has 0 saturated carbocycles. The fraction of sp³-hybridized carbons (Fsp3) is 0.333. The number of hydrogen-bond acceptors (Lipinski definition) is 6. The number of hydrogen-bond donors (Lipinski definition) is 2. The number of thioether (sulfide) groups is 1. The first-order valence-electron chi connectivity index (χ1n) is 7.15. The van der Waals surface area contributed by atoms with Crippen LogP contribution in [0.2, 0.25) is 5.02 Å². The number of amides is 1. The van der Waals surface area contributed by atoms with E-state index in [1.165, 1.54) is 11.8 Å². The maximum Gasteiger partial charge on any atom is 0.230 e. The predicted octanol–water partition coefficient (Wildman–Crippen LogP) is 2.47. The topological polar surface area (TPSA) is 104 Å². The molecule has 2 aromatic rings. The van der Waals surface area contributed by atoms with Crippen molar-refractivity contribution in [3.8, 4) is 11.8 Å². The largest absolute Gasteiger partial charge is 0.486 e. The Morgan fingerprint density at radius 3 is 3.12 bits per heavy atom. The highest BCUT2D eigenvalue weighted by atomic mass is 35.5. The Morgan fingerprint density at radius 2 is 2.38 bits per heavy atom. The summed E-state index contributed by atoms with van der Waals surface area (Å²) in [5, 5.41) is 19.0. The third-order valence-electron chi connectivity index (χ3n) is 2.91. The number of aromatic nitrogens is 3. The Morgan fingerprint density at radius 1 is 1.54 bits per heavy atom. The predicted molar refractivity (Wildman–Crippen MR) is 90.9 cm³/mol. The van der Waals surface area contributed by atoms with Crippen LogP contribution >= 0.6 is 23.4 Å². The van der Waals surface area contributed by atoms with Crippen molar-refractivity contribution < 1.29 is 9.53 Å². The third-order valence-corrected chi connectivity index (χ3v) is 4.18. The molecule has 9 heteroatoms. The molecule has 126 valence electrons. The van der Waals surface area contributed by atoms with Gasteiger partial charge in [0.25, 0.3) is 0 Å². The Hall–Kier alpha value is -2.24. The van der Waals surface area contributed by atoms with Crippen LogP contribution in [0, 0.1) is 18.3 Å². The fourth-order valence-electron chi connectivity index (χ4n) is 1.70. The van der Waals surface area contributed by atoms with Gasteiger partial charge in [-0.05, 0) is 30.7 Å². The summed E-state index contributed by atoms with van der Waals surface area (Å²) in [6, 6.07) is 7.37. The maximum atomic E-state index is 11.5. The monoisotopic (exact) mass is 365 g/mol. The van der Waals surface area contributed by atoms with Gasteiger partial charge in [0.05, 0.1) is 18.2 Å². The first-order chi connectivity index (χ1) is 11.6. The molecule has 0 aliphatic carbocycles. The van der Waals surface area contributed by atoms with Crippen molar-refractivity contribution in [2.75, 3.05) is 12.3 Å². The SMILES string of the molecule is Cc1cc(OCc2nc(SCC(=O)NCCC#N)n[nH]2)ccc1Cl. The number of nitrogens with zero attached hydrogens (tertiary/aromatic N) is 3. The molecular weight excluding hydrogens is 350 g/mol. The smallest absolute Gasteiger partial charge is 0.230 e. The molecule has 0 radical (unpaired) electrons. The second-order valence-electron chi connectivity index (χ2n) is 4.81. The van der Waals surface area contributed by atoms with E-state index in [0.29, 0.717) is 34.7 Å². The number of H-pyrrole nitrogens is 1. The lowest BCUT2D eigenvalue weighted by Gasteiger charge is -2.05.